The second-order valence-electron chi connectivity index (χ2n) is 19.2. The minimum atomic E-state index is -0.561. The van der Waals surface area contributed by atoms with E-state index in [9.17, 15) is 19.2 Å². The van der Waals surface area contributed by atoms with Gasteiger partial charge in [-0.1, -0.05) is 34.6 Å². The molecular weight excluding hydrogens is 835 g/mol. The zero-order valence-electron chi connectivity index (χ0n) is 39.1. The minimum Gasteiger partial charge on any atom is -0.467 e. The summed E-state index contributed by atoms with van der Waals surface area (Å²) in [6, 6.07) is 15.4. The molecule has 348 valence electrons. The zero-order valence-corrected chi connectivity index (χ0v) is 39.1. The second-order valence-corrected chi connectivity index (χ2v) is 19.2. The van der Waals surface area contributed by atoms with Gasteiger partial charge in [-0.2, -0.15) is 0 Å². The second kappa shape index (κ2) is 20.1. The van der Waals surface area contributed by atoms with E-state index in [1.807, 2.05) is 41.5 Å². The number of carbonyl (C=O) groups excluding carboxylic acids is 4. The number of hydrogen-bond donors (Lipinski definition) is 4. The Bertz CT molecular complexity index is 2440. The third-order valence-corrected chi connectivity index (χ3v) is 12.3. The van der Waals surface area contributed by atoms with Crippen molar-refractivity contribution in [1.29, 1.82) is 0 Å². The lowest BCUT2D eigenvalue weighted by molar-refractivity contribution is 0.0513. The molecule has 12 nitrogen and oxygen atoms in total. The maximum atomic E-state index is 15.6. The molecule has 0 aliphatic heterocycles. The number of nitrogens with one attached hydrogen (secondary N) is 4. The molecule has 0 heterocycles. The molecule has 4 amide bonds. The van der Waals surface area contributed by atoms with Gasteiger partial charge in [0, 0.05) is 72.3 Å². The lowest BCUT2D eigenvalue weighted by Crippen LogP contribution is -2.41. The van der Waals surface area contributed by atoms with Gasteiger partial charge in [0.2, 0.25) is 0 Å². The summed E-state index contributed by atoms with van der Waals surface area (Å²) in [5.74, 6) is -1.75. The van der Waals surface area contributed by atoms with Gasteiger partial charge in [-0.15, -0.1) is 0 Å². The van der Waals surface area contributed by atoms with Crippen LogP contribution in [0.5, 0.6) is 11.5 Å². The first-order valence-electron chi connectivity index (χ1n) is 22.0. The highest BCUT2D eigenvalue weighted by Gasteiger charge is 2.42. The summed E-state index contributed by atoms with van der Waals surface area (Å²) in [6.07, 6.45) is 3.21. The maximum absolute atomic E-state index is 15.6. The summed E-state index contributed by atoms with van der Waals surface area (Å²) in [6.45, 7) is 15.5. The third-order valence-electron chi connectivity index (χ3n) is 12.3. The van der Waals surface area contributed by atoms with Crippen molar-refractivity contribution in [3.63, 3.8) is 0 Å². The summed E-state index contributed by atoms with van der Waals surface area (Å²) < 4.78 is 52.8. The largest absolute Gasteiger partial charge is 0.467 e. The van der Waals surface area contributed by atoms with Crippen LogP contribution in [0.15, 0.2) is 60.7 Å². The lowest BCUT2D eigenvalue weighted by Gasteiger charge is -2.28. The van der Waals surface area contributed by atoms with E-state index in [1.54, 1.807) is 62.4 Å². The topological polar surface area (TPSA) is 153 Å². The number of carbonyl (C=O) groups is 4. The van der Waals surface area contributed by atoms with E-state index in [0.29, 0.717) is 69.0 Å². The fourth-order valence-electron chi connectivity index (χ4n) is 7.53. The van der Waals surface area contributed by atoms with Gasteiger partial charge >= 0.3 is 0 Å². The molecule has 0 spiro atoms. The molecular formula is C51H62F2N4O8. The van der Waals surface area contributed by atoms with Gasteiger partial charge < -0.3 is 40.2 Å². The van der Waals surface area contributed by atoms with Gasteiger partial charge in [0.25, 0.3) is 23.6 Å². The number of benzene rings is 4. The molecule has 0 saturated heterocycles. The Labute approximate surface area is 380 Å². The Hall–Kier alpha value is -5.86. The molecule has 6 rings (SSSR count). The predicted molar refractivity (Wildman–Crippen MR) is 245 cm³/mol. The molecule has 2 saturated carbocycles. The lowest BCUT2D eigenvalue weighted by atomic mass is 9.86. The van der Waals surface area contributed by atoms with Crippen molar-refractivity contribution in [2.45, 2.75) is 99.2 Å². The molecule has 2 aliphatic rings. The average Bonchev–Trinajstić information content (AvgIpc) is 4.21. The van der Waals surface area contributed by atoms with Crippen molar-refractivity contribution in [2.75, 3.05) is 34.4 Å². The van der Waals surface area contributed by atoms with Crippen molar-refractivity contribution in [2.24, 2.45) is 16.7 Å². The highest BCUT2D eigenvalue weighted by Crippen LogP contribution is 2.42. The van der Waals surface area contributed by atoms with Gasteiger partial charge in [-0.25, -0.2) is 8.78 Å². The average molecular weight is 897 g/mol. The molecule has 65 heavy (non-hydrogen) atoms. The fraction of sp³-hybridized carbons (Fsp3) is 0.451. The Morgan fingerprint density at radius 1 is 0.662 bits per heavy atom. The van der Waals surface area contributed by atoms with E-state index in [-0.39, 0.29) is 77.3 Å². The van der Waals surface area contributed by atoms with Crippen LogP contribution in [0, 0.1) is 42.2 Å². The van der Waals surface area contributed by atoms with Crippen LogP contribution in [0.2, 0.25) is 0 Å². The zero-order chi connectivity index (χ0) is 47.4. The monoisotopic (exact) mass is 896 g/mol. The molecule has 4 aromatic rings. The van der Waals surface area contributed by atoms with E-state index in [2.05, 4.69) is 21.3 Å². The number of methoxy groups -OCH3 is 2. The smallest absolute Gasteiger partial charge is 0.251 e. The van der Waals surface area contributed by atoms with Gasteiger partial charge in [0.15, 0.2) is 13.6 Å². The van der Waals surface area contributed by atoms with Crippen LogP contribution in [0.1, 0.15) is 120 Å². The maximum Gasteiger partial charge on any atom is 0.251 e. The van der Waals surface area contributed by atoms with Crippen LogP contribution in [0.3, 0.4) is 0 Å². The summed E-state index contributed by atoms with van der Waals surface area (Å²) >= 11 is 0. The van der Waals surface area contributed by atoms with Crippen molar-refractivity contribution in [1.82, 2.24) is 21.3 Å². The van der Waals surface area contributed by atoms with E-state index in [1.165, 1.54) is 26.4 Å². The van der Waals surface area contributed by atoms with Crippen molar-refractivity contribution >= 4 is 23.6 Å². The normalized spacial score (nSPS) is 16.3. The van der Waals surface area contributed by atoms with E-state index in [4.69, 9.17) is 18.9 Å². The van der Waals surface area contributed by atoms with Crippen LogP contribution < -0.4 is 30.7 Å². The molecule has 4 N–H and O–H groups in total. The Kier molecular flexibility index (Phi) is 15.0. The van der Waals surface area contributed by atoms with Gasteiger partial charge in [-0.05, 0) is 146 Å². The van der Waals surface area contributed by atoms with Gasteiger partial charge in [0.05, 0.1) is 0 Å². The van der Waals surface area contributed by atoms with Crippen LogP contribution in [-0.2, 0) is 9.47 Å². The van der Waals surface area contributed by atoms with Crippen LogP contribution in [-0.4, -0.2) is 76.1 Å². The molecule has 2 fully saturated rings. The number of amides is 4. The predicted octanol–water partition coefficient (Wildman–Crippen LogP) is 8.90. The quantitative estimate of drug-likeness (QED) is 0.0682. The van der Waals surface area contributed by atoms with Crippen LogP contribution in [0.4, 0.5) is 8.78 Å². The fourth-order valence-corrected chi connectivity index (χ4v) is 7.53. The number of halogens is 2. The third kappa shape index (κ3) is 12.3. The molecule has 3 atom stereocenters. The Balaban J connectivity index is 1.09. The number of hydrogen-bond acceptors (Lipinski definition) is 8. The van der Waals surface area contributed by atoms with Crippen molar-refractivity contribution < 1.29 is 46.9 Å². The minimum absolute atomic E-state index is 0.107. The van der Waals surface area contributed by atoms with Crippen LogP contribution in [0.25, 0.3) is 22.3 Å². The number of rotatable bonds is 19. The highest BCUT2D eigenvalue weighted by atomic mass is 19.1. The molecule has 14 heteroatoms. The SMILES string of the molecule is COCOc1cc(C(=O)NCC(C)(C)CC2CC2NC(=O)c2cc(F)c(C)c(-c3ccc(C(=O)NC(C)C(C)(C)C)cc3OCOC)c2)ccc1-c1cc(C(=O)NC2CC2)cc(F)c1C. The van der Waals surface area contributed by atoms with E-state index in [0.717, 1.165) is 19.3 Å². The van der Waals surface area contributed by atoms with Gasteiger partial charge in [-0.3, -0.25) is 19.2 Å². The van der Waals surface area contributed by atoms with Crippen molar-refractivity contribution in [3.8, 4) is 33.8 Å². The van der Waals surface area contributed by atoms with Crippen LogP contribution >= 0.6 is 0 Å². The molecule has 0 aromatic heterocycles. The van der Waals surface area contributed by atoms with Crippen molar-refractivity contribution in [3.05, 3.63) is 106 Å². The molecule has 4 aromatic carbocycles. The first-order valence-corrected chi connectivity index (χ1v) is 22.0. The molecule has 0 radical (unpaired) electrons. The number of ether oxygens (including phenoxy) is 4. The molecule has 2 aliphatic carbocycles. The molecule has 0 bridgehead atoms. The first kappa shape index (κ1) is 48.6. The first-order chi connectivity index (χ1) is 30.7. The van der Waals surface area contributed by atoms with E-state index < -0.39 is 17.5 Å². The molecule has 3 unspecified atom stereocenters. The Morgan fingerprint density at radius 3 is 1.63 bits per heavy atom. The Morgan fingerprint density at radius 2 is 1.15 bits per heavy atom. The summed E-state index contributed by atoms with van der Waals surface area (Å²) in [5.41, 5.74) is 3.07. The highest BCUT2D eigenvalue weighted by molar-refractivity contribution is 5.99. The summed E-state index contributed by atoms with van der Waals surface area (Å²) in [5, 5.41) is 12.0. The van der Waals surface area contributed by atoms with E-state index >= 15 is 8.78 Å². The standard InChI is InChI=1S/C51H62F2N4O8/c1-28-39(17-33(19-41(28)52)48(60)56-36-13-14-36)37-15-11-31(22-44(37)64-26-62-9)46(58)54-25-51(7,8)24-35-21-43(35)57-49(61)34-18-40(29(2)42(53)20-34)38-16-12-32(23-45(38)65-27-63-10)47(59)55-30(3)50(4,5)6/h11-12,15-20,22-23,30,35-36,43H,13-14,21,24-27H2,1-10H3,(H,54,58)(H,55,59)(H,56,60)(H,57,61). The summed E-state index contributed by atoms with van der Waals surface area (Å²) in [4.78, 5) is 53.2. The van der Waals surface area contributed by atoms with Gasteiger partial charge in [0.1, 0.15) is 23.1 Å². The summed E-state index contributed by atoms with van der Waals surface area (Å²) in [7, 11) is 2.94.